The second-order valence-electron chi connectivity index (χ2n) is 3.89. The van der Waals surface area contributed by atoms with Gasteiger partial charge in [-0.15, -0.1) is 0 Å². The molecular weight excluding hydrogens is 319 g/mol. The molecule has 0 heterocycles. The summed E-state index contributed by atoms with van der Waals surface area (Å²) >= 11 is 9.14. The van der Waals surface area contributed by atoms with E-state index in [1.54, 1.807) is 24.3 Å². The summed E-state index contributed by atoms with van der Waals surface area (Å²) in [6.45, 7) is 1.86. The maximum absolute atomic E-state index is 13.4. The lowest BCUT2D eigenvalue weighted by atomic mass is 10.1. The molecule has 0 radical (unpaired) electrons. The lowest BCUT2D eigenvalue weighted by Crippen LogP contribution is -1.99. The number of rotatable bonds is 2. The number of nitrogen functional groups attached to an aromatic ring is 1. The van der Waals surface area contributed by atoms with Gasteiger partial charge in [-0.3, -0.25) is 0 Å². The highest BCUT2D eigenvalue weighted by Gasteiger charge is 2.08. The Labute approximate surface area is 118 Å². The number of benzene rings is 2. The Kier molecular flexibility index (Phi) is 3.78. The predicted octanol–water partition coefficient (Wildman–Crippen LogP) is 4.88. The van der Waals surface area contributed by atoms with Gasteiger partial charge in [-0.05, 0) is 58.7 Å². The molecule has 0 fully saturated rings. The Morgan fingerprint density at radius 1 is 1.28 bits per heavy atom. The highest BCUT2D eigenvalue weighted by molar-refractivity contribution is 9.10. The van der Waals surface area contributed by atoms with Crippen LogP contribution in [0.3, 0.4) is 0 Å². The van der Waals surface area contributed by atoms with Gasteiger partial charge in [0.1, 0.15) is 5.82 Å². The predicted molar refractivity (Wildman–Crippen MR) is 78.0 cm³/mol. The quantitative estimate of drug-likeness (QED) is 0.771. The van der Waals surface area contributed by atoms with Gasteiger partial charge in [-0.1, -0.05) is 11.6 Å². The lowest BCUT2D eigenvalue weighted by molar-refractivity contribution is 0.622. The molecule has 5 heteroatoms. The van der Waals surface area contributed by atoms with Crippen LogP contribution in [0.2, 0.25) is 5.02 Å². The molecule has 2 aromatic rings. The SMILES string of the molecule is Cc1c(Cl)ccc(N)c1Nc1ccc(Br)c(F)c1. The van der Waals surface area contributed by atoms with E-state index in [4.69, 9.17) is 17.3 Å². The van der Waals surface area contributed by atoms with E-state index in [1.165, 1.54) is 6.07 Å². The van der Waals surface area contributed by atoms with Crippen LogP contribution in [0.25, 0.3) is 0 Å². The maximum atomic E-state index is 13.4. The molecule has 0 aromatic heterocycles. The van der Waals surface area contributed by atoms with Crippen molar-refractivity contribution in [2.24, 2.45) is 0 Å². The first-order chi connectivity index (χ1) is 8.49. The molecule has 2 nitrogen and oxygen atoms in total. The standard InChI is InChI=1S/C13H11BrClFN2/c1-7-10(15)4-5-12(17)13(7)18-8-2-3-9(14)11(16)6-8/h2-6,18H,17H2,1H3. The van der Waals surface area contributed by atoms with Crippen molar-refractivity contribution in [3.8, 4) is 0 Å². The minimum Gasteiger partial charge on any atom is -0.397 e. The molecule has 3 N–H and O–H groups in total. The van der Waals surface area contributed by atoms with Crippen LogP contribution in [0.1, 0.15) is 5.56 Å². The number of hydrogen-bond acceptors (Lipinski definition) is 2. The van der Waals surface area contributed by atoms with Crippen molar-refractivity contribution in [3.05, 3.63) is 51.2 Å². The first-order valence-electron chi connectivity index (χ1n) is 5.25. The third kappa shape index (κ3) is 2.60. The molecule has 0 amide bonds. The Hall–Kier alpha value is -1.26. The van der Waals surface area contributed by atoms with Gasteiger partial charge in [0.15, 0.2) is 0 Å². The third-order valence-electron chi connectivity index (χ3n) is 2.62. The fraction of sp³-hybridized carbons (Fsp3) is 0.0769. The van der Waals surface area contributed by atoms with E-state index in [1.807, 2.05) is 6.92 Å². The number of nitrogens with one attached hydrogen (secondary N) is 1. The monoisotopic (exact) mass is 328 g/mol. The van der Waals surface area contributed by atoms with E-state index in [0.29, 0.717) is 26.6 Å². The average Bonchev–Trinajstić information content (AvgIpc) is 2.34. The molecule has 0 bridgehead atoms. The van der Waals surface area contributed by atoms with E-state index in [-0.39, 0.29) is 5.82 Å². The Balaban J connectivity index is 2.39. The van der Waals surface area contributed by atoms with Crippen molar-refractivity contribution >= 4 is 44.6 Å². The van der Waals surface area contributed by atoms with E-state index < -0.39 is 0 Å². The first kappa shape index (κ1) is 13.2. The number of halogens is 3. The molecule has 2 rings (SSSR count). The van der Waals surface area contributed by atoms with E-state index in [0.717, 1.165) is 5.56 Å². The number of nitrogens with two attached hydrogens (primary N) is 1. The highest BCUT2D eigenvalue weighted by atomic mass is 79.9. The molecule has 2 aromatic carbocycles. The van der Waals surface area contributed by atoms with Crippen LogP contribution in [0.15, 0.2) is 34.8 Å². The summed E-state index contributed by atoms with van der Waals surface area (Å²) in [5, 5.41) is 3.69. The van der Waals surface area contributed by atoms with Crippen LogP contribution in [-0.2, 0) is 0 Å². The van der Waals surface area contributed by atoms with Gasteiger partial charge < -0.3 is 11.1 Å². The van der Waals surface area contributed by atoms with Crippen molar-refractivity contribution in [2.75, 3.05) is 11.1 Å². The zero-order valence-corrected chi connectivity index (χ0v) is 11.9. The molecule has 0 aliphatic carbocycles. The smallest absolute Gasteiger partial charge is 0.139 e. The molecular formula is C13H11BrClFN2. The van der Waals surface area contributed by atoms with E-state index in [2.05, 4.69) is 21.2 Å². The zero-order valence-electron chi connectivity index (χ0n) is 9.60. The Morgan fingerprint density at radius 2 is 2.00 bits per heavy atom. The second-order valence-corrected chi connectivity index (χ2v) is 5.15. The first-order valence-corrected chi connectivity index (χ1v) is 6.43. The van der Waals surface area contributed by atoms with Crippen LogP contribution in [0.5, 0.6) is 0 Å². The summed E-state index contributed by atoms with van der Waals surface area (Å²) in [6, 6.07) is 8.23. The fourth-order valence-corrected chi connectivity index (χ4v) is 2.00. The van der Waals surface area contributed by atoms with Crippen molar-refractivity contribution in [1.82, 2.24) is 0 Å². The maximum Gasteiger partial charge on any atom is 0.139 e. The molecule has 0 atom stereocenters. The van der Waals surface area contributed by atoms with Gasteiger partial charge >= 0.3 is 0 Å². The van der Waals surface area contributed by atoms with Gasteiger partial charge in [-0.2, -0.15) is 0 Å². The molecule has 0 spiro atoms. The van der Waals surface area contributed by atoms with Crippen LogP contribution in [0, 0.1) is 12.7 Å². The van der Waals surface area contributed by atoms with E-state index >= 15 is 0 Å². The molecule has 0 unspecified atom stereocenters. The minimum absolute atomic E-state index is 0.335. The fourth-order valence-electron chi connectivity index (χ4n) is 1.59. The average molecular weight is 330 g/mol. The summed E-state index contributed by atoms with van der Waals surface area (Å²) in [5.41, 5.74) is 8.60. The van der Waals surface area contributed by atoms with Gasteiger partial charge in [0.25, 0.3) is 0 Å². The van der Waals surface area contributed by atoms with Gasteiger partial charge in [-0.25, -0.2) is 4.39 Å². The Bertz CT molecular complexity index is 602. The minimum atomic E-state index is -0.335. The van der Waals surface area contributed by atoms with Crippen LogP contribution in [-0.4, -0.2) is 0 Å². The summed E-state index contributed by atoms with van der Waals surface area (Å²) in [7, 11) is 0. The largest absolute Gasteiger partial charge is 0.397 e. The van der Waals surface area contributed by atoms with Crippen LogP contribution < -0.4 is 11.1 Å². The van der Waals surface area contributed by atoms with Crippen LogP contribution >= 0.6 is 27.5 Å². The van der Waals surface area contributed by atoms with Crippen molar-refractivity contribution in [3.63, 3.8) is 0 Å². The normalized spacial score (nSPS) is 10.4. The molecule has 0 aliphatic rings. The molecule has 0 aliphatic heterocycles. The van der Waals surface area contributed by atoms with Crippen molar-refractivity contribution in [2.45, 2.75) is 6.92 Å². The van der Waals surface area contributed by atoms with Gasteiger partial charge in [0, 0.05) is 10.7 Å². The summed E-state index contributed by atoms with van der Waals surface area (Å²) in [4.78, 5) is 0. The zero-order chi connectivity index (χ0) is 13.3. The molecule has 0 saturated heterocycles. The molecule has 94 valence electrons. The Morgan fingerprint density at radius 3 is 2.67 bits per heavy atom. The third-order valence-corrected chi connectivity index (χ3v) is 3.67. The lowest BCUT2D eigenvalue weighted by Gasteiger charge is -2.13. The summed E-state index contributed by atoms with van der Waals surface area (Å²) in [5.74, 6) is -0.335. The topological polar surface area (TPSA) is 38.0 Å². The van der Waals surface area contributed by atoms with Gasteiger partial charge in [0.05, 0.1) is 15.8 Å². The summed E-state index contributed by atoms with van der Waals surface area (Å²) in [6.07, 6.45) is 0. The van der Waals surface area contributed by atoms with Gasteiger partial charge in [0.2, 0.25) is 0 Å². The number of anilines is 3. The highest BCUT2D eigenvalue weighted by Crippen LogP contribution is 2.32. The summed E-state index contributed by atoms with van der Waals surface area (Å²) < 4.78 is 13.8. The van der Waals surface area contributed by atoms with E-state index in [9.17, 15) is 4.39 Å². The van der Waals surface area contributed by atoms with Crippen LogP contribution in [0.4, 0.5) is 21.5 Å². The van der Waals surface area contributed by atoms with Crippen molar-refractivity contribution in [1.29, 1.82) is 0 Å². The molecule has 18 heavy (non-hydrogen) atoms. The molecule has 0 saturated carbocycles. The number of hydrogen-bond donors (Lipinski definition) is 2. The van der Waals surface area contributed by atoms with Crippen molar-refractivity contribution < 1.29 is 4.39 Å². The second kappa shape index (κ2) is 5.16.